The first-order chi connectivity index (χ1) is 14.7. The molecule has 2 aromatic carbocycles. The Hall–Kier alpha value is -2.86. The Labute approximate surface area is 178 Å². The van der Waals surface area contributed by atoms with Crippen molar-refractivity contribution in [1.29, 1.82) is 0 Å². The van der Waals surface area contributed by atoms with Gasteiger partial charge in [0.25, 0.3) is 0 Å². The van der Waals surface area contributed by atoms with Crippen molar-refractivity contribution >= 4 is 11.8 Å². The number of nitrogens with one attached hydrogen (secondary N) is 1. The Kier molecular flexibility index (Phi) is 8.27. The minimum absolute atomic E-state index is 0.0106. The molecule has 1 heterocycles. The van der Waals surface area contributed by atoms with Crippen LogP contribution in [0, 0.1) is 0 Å². The lowest BCUT2D eigenvalue weighted by Gasteiger charge is -2.34. The van der Waals surface area contributed by atoms with Gasteiger partial charge in [-0.2, -0.15) is 0 Å². The van der Waals surface area contributed by atoms with E-state index < -0.39 is 0 Å². The molecule has 0 aromatic heterocycles. The third-order valence-electron chi connectivity index (χ3n) is 5.46. The number of amides is 2. The molecule has 6 nitrogen and oxygen atoms in total. The summed E-state index contributed by atoms with van der Waals surface area (Å²) in [6, 6.07) is 17.9. The highest BCUT2D eigenvalue weighted by Crippen LogP contribution is 2.16. The quantitative estimate of drug-likeness (QED) is 0.691. The lowest BCUT2D eigenvalue weighted by atomic mass is 10.1. The number of nitrogens with zero attached hydrogens (tertiary/aromatic N) is 2. The predicted octanol–water partition coefficient (Wildman–Crippen LogP) is 2.48. The van der Waals surface area contributed by atoms with E-state index >= 15 is 0 Å². The SMILES string of the molecule is COc1ccccc1CNC(=O)CN1CCN(C(=O)CCCc2ccccc2)CC1. The molecule has 3 rings (SSSR count). The molecule has 6 heteroatoms. The first kappa shape index (κ1) is 21.8. The van der Waals surface area contributed by atoms with Crippen molar-refractivity contribution in [2.75, 3.05) is 39.8 Å². The van der Waals surface area contributed by atoms with Crippen molar-refractivity contribution in [1.82, 2.24) is 15.1 Å². The lowest BCUT2D eigenvalue weighted by molar-refractivity contribution is -0.133. The Morgan fingerprint density at radius 2 is 1.67 bits per heavy atom. The molecule has 0 atom stereocenters. The van der Waals surface area contributed by atoms with Crippen molar-refractivity contribution in [3.8, 4) is 5.75 Å². The van der Waals surface area contributed by atoms with Gasteiger partial charge in [0.1, 0.15) is 5.75 Å². The number of carbonyl (C=O) groups is 2. The molecule has 0 saturated carbocycles. The van der Waals surface area contributed by atoms with Gasteiger partial charge in [-0.25, -0.2) is 0 Å². The van der Waals surface area contributed by atoms with Crippen LogP contribution >= 0.6 is 0 Å². The summed E-state index contributed by atoms with van der Waals surface area (Å²) in [5.74, 6) is 0.979. The maximum atomic E-state index is 12.5. The van der Waals surface area contributed by atoms with Crippen LogP contribution in [0.1, 0.15) is 24.0 Å². The number of piperazine rings is 1. The number of hydrogen-bond acceptors (Lipinski definition) is 4. The highest BCUT2D eigenvalue weighted by molar-refractivity contribution is 5.78. The van der Waals surface area contributed by atoms with Crippen molar-refractivity contribution in [3.63, 3.8) is 0 Å². The van der Waals surface area contributed by atoms with Crippen LogP contribution in [0.5, 0.6) is 5.75 Å². The summed E-state index contributed by atoms with van der Waals surface area (Å²) in [5, 5.41) is 2.96. The van der Waals surface area contributed by atoms with Crippen LogP contribution in [0.25, 0.3) is 0 Å². The van der Waals surface area contributed by atoms with E-state index in [1.165, 1.54) is 5.56 Å². The fourth-order valence-corrected chi connectivity index (χ4v) is 3.70. The minimum atomic E-state index is -0.0106. The van der Waals surface area contributed by atoms with Gasteiger partial charge >= 0.3 is 0 Å². The zero-order valence-electron chi connectivity index (χ0n) is 17.7. The van der Waals surface area contributed by atoms with Gasteiger partial charge in [-0.3, -0.25) is 14.5 Å². The highest BCUT2D eigenvalue weighted by atomic mass is 16.5. The van der Waals surface area contributed by atoms with Gasteiger partial charge in [-0.1, -0.05) is 48.5 Å². The molecule has 0 spiro atoms. The van der Waals surface area contributed by atoms with E-state index in [-0.39, 0.29) is 11.8 Å². The smallest absolute Gasteiger partial charge is 0.234 e. The number of aryl methyl sites for hydroxylation is 1. The van der Waals surface area contributed by atoms with Gasteiger partial charge in [0.05, 0.1) is 13.7 Å². The van der Waals surface area contributed by atoms with Crippen LogP contribution in [-0.4, -0.2) is 61.4 Å². The average Bonchev–Trinajstić information content (AvgIpc) is 2.79. The Morgan fingerprint density at radius 1 is 0.967 bits per heavy atom. The number of para-hydroxylation sites is 1. The molecule has 2 aromatic rings. The fraction of sp³-hybridized carbons (Fsp3) is 0.417. The second kappa shape index (κ2) is 11.4. The number of hydrogen-bond donors (Lipinski definition) is 1. The molecule has 30 heavy (non-hydrogen) atoms. The average molecular weight is 410 g/mol. The van der Waals surface area contributed by atoms with E-state index in [4.69, 9.17) is 4.74 Å². The zero-order chi connectivity index (χ0) is 21.2. The van der Waals surface area contributed by atoms with Crippen molar-refractivity contribution < 1.29 is 14.3 Å². The van der Waals surface area contributed by atoms with Crippen molar-refractivity contribution in [2.24, 2.45) is 0 Å². The Morgan fingerprint density at radius 3 is 2.40 bits per heavy atom. The van der Waals surface area contributed by atoms with E-state index in [0.29, 0.717) is 32.6 Å². The summed E-state index contributed by atoms with van der Waals surface area (Å²) in [6.45, 7) is 3.63. The Balaban J connectivity index is 1.33. The molecule has 0 aliphatic carbocycles. The molecular weight excluding hydrogens is 378 g/mol. The maximum absolute atomic E-state index is 12.5. The second-order valence-corrected chi connectivity index (χ2v) is 7.58. The van der Waals surface area contributed by atoms with E-state index in [1.807, 2.05) is 47.4 Å². The van der Waals surface area contributed by atoms with Gasteiger partial charge in [0.2, 0.25) is 11.8 Å². The third kappa shape index (κ3) is 6.59. The van der Waals surface area contributed by atoms with Crippen LogP contribution in [0.3, 0.4) is 0 Å². The monoisotopic (exact) mass is 409 g/mol. The number of carbonyl (C=O) groups excluding carboxylic acids is 2. The molecule has 1 saturated heterocycles. The molecule has 0 bridgehead atoms. The summed E-state index contributed by atoms with van der Waals surface area (Å²) < 4.78 is 5.32. The molecule has 1 N–H and O–H groups in total. The summed E-state index contributed by atoms with van der Waals surface area (Å²) >= 11 is 0. The third-order valence-corrected chi connectivity index (χ3v) is 5.46. The van der Waals surface area contributed by atoms with Gasteiger partial charge in [-0.15, -0.1) is 0 Å². The molecule has 0 radical (unpaired) electrons. The van der Waals surface area contributed by atoms with Gasteiger partial charge in [0.15, 0.2) is 0 Å². The molecule has 1 fully saturated rings. The zero-order valence-corrected chi connectivity index (χ0v) is 17.7. The molecular formula is C24H31N3O3. The molecule has 0 unspecified atom stereocenters. The predicted molar refractivity (Wildman–Crippen MR) is 117 cm³/mol. The lowest BCUT2D eigenvalue weighted by Crippen LogP contribution is -2.51. The van der Waals surface area contributed by atoms with E-state index in [0.717, 1.165) is 37.2 Å². The van der Waals surface area contributed by atoms with Crippen LogP contribution < -0.4 is 10.1 Å². The van der Waals surface area contributed by atoms with Crippen LogP contribution in [0.2, 0.25) is 0 Å². The van der Waals surface area contributed by atoms with Crippen LogP contribution in [0.4, 0.5) is 0 Å². The van der Waals surface area contributed by atoms with Gasteiger partial charge in [0, 0.05) is 44.7 Å². The van der Waals surface area contributed by atoms with Crippen LogP contribution in [0.15, 0.2) is 54.6 Å². The minimum Gasteiger partial charge on any atom is -0.496 e. The summed E-state index contributed by atoms with van der Waals surface area (Å²) in [5.41, 5.74) is 2.23. The number of benzene rings is 2. The highest BCUT2D eigenvalue weighted by Gasteiger charge is 2.22. The standard InChI is InChI=1S/C24H31N3O3/c1-30-22-12-6-5-11-21(22)18-25-23(28)19-26-14-16-27(17-15-26)24(29)13-7-10-20-8-3-2-4-9-20/h2-6,8-9,11-12H,7,10,13-19H2,1H3,(H,25,28). The first-order valence-corrected chi connectivity index (χ1v) is 10.6. The van der Waals surface area contributed by atoms with Crippen molar-refractivity contribution in [3.05, 3.63) is 65.7 Å². The van der Waals surface area contributed by atoms with E-state index in [9.17, 15) is 9.59 Å². The second-order valence-electron chi connectivity index (χ2n) is 7.58. The summed E-state index contributed by atoms with van der Waals surface area (Å²) in [4.78, 5) is 28.8. The van der Waals surface area contributed by atoms with E-state index in [1.54, 1.807) is 7.11 Å². The number of ether oxygens (including phenoxy) is 1. The molecule has 1 aliphatic heterocycles. The van der Waals surface area contributed by atoms with Gasteiger partial charge < -0.3 is 15.0 Å². The fourth-order valence-electron chi connectivity index (χ4n) is 3.70. The van der Waals surface area contributed by atoms with Gasteiger partial charge in [-0.05, 0) is 24.5 Å². The number of methoxy groups -OCH3 is 1. The summed E-state index contributed by atoms with van der Waals surface area (Å²) in [6.07, 6.45) is 2.38. The normalized spacial score (nSPS) is 14.4. The summed E-state index contributed by atoms with van der Waals surface area (Å²) in [7, 11) is 1.63. The maximum Gasteiger partial charge on any atom is 0.234 e. The van der Waals surface area contributed by atoms with Crippen LogP contribution in [-0.2, 0) is 22.6 Å². The Bertz CT molecular complexity index is 817. The number of rotatable bonds is 9. The topological polar surface area (TPSA) is 61.9 Å². The van der Waals surface area contributed by atoms with Crippen molar-refractivity contribution in [2.45, 2.75) is 25.8 Å². The van der Waals surface area contributed by atoms with E-state index in [2.05, 4.69) is 22.3 Å². The molecule has 2 amide bonds. The molecule has 1 aliphatic rings. The first-order valence-electron chi connectivity index (χ1n) is 10.6. The largest absolute Gasteiger partial charge is 0.496 e. The molecule has 160 valence electrons.